The Labute approximate surface area is 116 Å². The molecule has 0 spiro atoms. The lowest BCUT2D eigenvalue weighted by Gasteiger charge is -2.41. The molecule has 112 valence electrons. The van der Waals surface area contributed by atoms with Crippen molar-refractivity contribution < 1.29 is 14.3 Å². The van der Waals surface area contributed by atoms with E-state index in [0.717, 1.165) is 38.8 Å². The lowest BCUT2D eigenvalue weighted by atomic mass is 9.78. The van der Waals surface area contributed by atoms with Crippen molar-refractivity contribution in [1.29, 1.82) is 0 Å². The van der Waals surface area contributed by atoms with Gasteiger partial charge in [-0.3, -0.25) is 5.32 Å². The summed E-state index contributed by atoms with van der Waals surface area (Å²) >= 11 is 0. The molecule has 0 aromatic rings. The third kappa shape index (κ3) is 4.16. The van der Waals surface area contributed by atoms with E-state index in [1.807, 2.05) is 21.0 Å². The topological polar surface area (TPSA) is 50.8 Å². The average molecular weight is 272 g/mol. The first-order valence-corrected chi connectivity index (χ1v) is 7.16. The van der Waals surface area contributed by atoms with Crippen LogP contribution in [0.1, 0.15) is 32.6 Å². The van der Waals surface area contributed by atoms with Crippen LogP contribution in [-0.2, 0) is 14.3 Å². The first kappa shape index (κ1) is 16.4. The minimum atomic E-state index is -0.668. The Morgan fingerprint density at radius 1 is 1.42 bits per heavy atom. The van der Waals surface area contributed by atoms with Gasteiger partial charge in [-0.2, -0.15) is 0 Å². The lowest BCUT2D eigenvalue weighted by Crippen LogP contribution is -2.63. The summed E-state index contributed by atoms with van der Waals surface area (Å²) in [6, 6.07) is 0. The van der Waals surface area contributed by atoms with E-state index >= 15 is 0 Å². The van der Waals surface area contributed by atoms with Crippen LogP contribution in [0.2, 0.25) is 0 Å². The molecule has 1 N–H and O–H groups in total. The predicted octanol–water partition coefficient (Wildman–Crippen LogP) is 1.03. The molecular formula is C14H28N2O3. The van der Waals surface area contributed by atoms with Crippen molar-refractivity contribution in [2.75, 3.05) is 40.9 Å². The highest BCUT2D eigenvalue weighted by Crippen LogP contribution is 2.31. The first-order chi connectivity index (χ1) is 9.06. The smallest absolute Gasteiger partial charge is 0.329 e. The van der Waals surface area contributed by atoms with Crippen LogP contribution in [0.15, 0.2) is 0 Å². The van der Waals surface area contributed by atoms with Crippen LogP contribution >= 0.6 is 0 Å². The third-order valence-corrected chi connectivity index (χ3v) is 3.76. The highest BCUT2D eigenvalue weighted by atomic mass is 16.5. The number of rotatable bonds is 7. The van der Waals surface area contributed by atoms with Gasteiger partial charge in [0.05, 0.1) is 12.7 Å². The molecule has 1 saturated carbocycles. The summed E-state index contributed by atoms with van der Waals surface area (Å²) in [6.45, 7) is 3.89. The monoisotopic (exact) mass is 272 g/mol. The standard InChI is InChI=1S/C14H28N2O3/c1-5-19-13(17)14(15-10-11-16(2)3)9-7-6-8-12(14)18-4/h12,15H,5-11H2,1-4H3. The molecule has 5 heteroatoms. The zero-order valence-electron chi connectivity index (χ0n) is 12.7. The molecule has 1 aliphatic rings. The first-order valence-electron chi connectivity index (χ1n) is 7.16. The number of esters is 1. The minimum Gasteiger partial charge on any atom is -0.465 e. The number of methoxy groups -OCH3 is 1. The normalized spacial score (nSPS) is 27.5. The molecule has 1 fully saturated rings. The quantitative estimate of drug-likeness (QED) is 0.702. The lowest BCUT2D eigenvalue weighted by molar-refractivity contribution is -0.161. The van der Waals surface area contributed by atoms with Crippen molar-refractivity contribution in [2.45, 2.75) is 44.2 Å². The van der Waals surface area contributed by atoms with Crippen molar-refractivity contribution in [3.05, 3.63) is 0 Å². The molecule has 0 aromatic heterocycles. The zero-order valence-corrected chi connectivity index (χ0v) is 12.7. The number of nitrogens with zero attached hydrogens (tertiary/aromatic N) is 1. The van der Waals surface area contributed by atoms with E-state index in [2.05, 4.69) is 10.2 Å². The van der Waals surface area contributed by atoms with Crippen LogP contribution in [0.5, 0.6) is 0 Å². The molecular weight excluding hydrogens is 244 g/mol. The Morgan fingerprint density at radius 3 is 2.74 bits per heavy atom. The highest BCUT2D eigenvalue weighted by molar-refractivity contribution is 5.82. The van der Waals surface area contributed by atoms with Gasteiger partial charge in [-0.1, -0.05) is 12.8 Å². The molecule has 0 heterocycles. The zero-order chi connectivity index (χ0) is 14.3. The Morgan fingerprint density at radius 2 is 2.16 bits per heavy atom. The number of ether oxygens (including phenoxy) is 2. The van der Waals surface area contributed by atoms with E-state index in [9.17, 15) is 4.79 Å². The van der Waals surface area contributed by atoms with Gasteiger partial charge in [0.25, 0.3) is 0 Å². The highest BCUT2D eigenvalue weighted by Gasteiger charge is 2.48. The number of nitrogens with one attached hydrogen (secondary N) is 1. The molecule has 1 rings (SSSR count). The minimum absolute atomic E-state index is 0.0949. The number of hydrogen-bond acceptors (Lipinski definition) is 5. The van der Waals surface area contributed by atoms with E-state index in [-0.39, 0.29) is 12.1 Å². The average Bonchev–Trinajstić information content (AvgIpc) is 2.39. The van der Waals surface area contributed by atoms with Crippen molar-refractivity contribution in [1.82, 2.24) is 10.2 Å². The Kier molecular flexibility index (Phi) is 6.75. The van der Waals surface area contributed by atoms with Gasteiger partial charge in [-0.15, -0.1) is 0 Å². The molecule has 19 heavy (non-hydrogen) atoms. The van der Waals surface area contributed by atoms with Gasteiger partial charge >= 0.3 is 5.97 Å². The van der Waals surface area contributed by atoms with Gasteiger partial charge in [0, 0.05) is 20.2 Å². The van der Waals surface area contributed by atoms with Crippen molar-refractivity contribution >= 4 is 5.97 Å². The summed E-state index contributed by atoms with van der Waals surface area (Å²) in [5.41, 5.74) is -0.668. The molecule has 2 unspecified atom stereocenters. The van der Waals surface area contributed by atoms with Gasteiger partial charge < -0.3 is 14.4 Å². The Bertz CT molecular complexity index is 284. The van der Waals surface area contributed by atoms with Crippen molar-refractivity contribution in [3.63, 3.8) is 0 Å². The maximum atomic E-state index is 12.4. The van der Waals surface area contributed by atoms with Crippen LogP contribution in [0.4, 0.5) is 0 Å². The molecule has 0 radical (unpaired) electrons. The second kappa shape index (κ2) is 7.82. The predicted molar refractivity (Wildman–Crippen MR) is 75.2 cm³/mol. The number of hydrogen-bond donors (Lipinski definition) is 1. The van der Waals surface area contributed by atoms with Gasteiger partial charge in [0.15, 0.2) is 0 Å². The fourth-order valence-corrected chi connectivity index (χ4v) is 2.73. The molecule has 0 bridgehead atoms. The van der Waals surface area contributed by atoms with E-state index in [1.54, 1.807) is 7.11 Å². The van der Waals surface area contributed by atoms with E-state index in [4.69, 9.17) is 9.47 Å². The summed E-state index contributed by atoms with van der Waals surface area (Å²) in [5.74, 6) is -0.166. The van der Waals surface area contributed by atoms with Crippen LogP contribution in [0.25, 0.3) is 0 Å². The molecule has 0 saturated heterocycles. The van der Waals surface area contributed by atoms with Crippen LogP contribution in [0.3, 0.4) is 0 Å². The maximum Gasteiger partial charge on any atom is 0.329 e. The number of likely N-dealkylation sites (N-methyl/N-ethyl adjacent to an activating group) is 1. The molecule has 0 aliphatic heterocycles. The molecule has 2 atom stereocenters. The van der Waals surface area contributed by atoms with E-state index < -0.39 is 5.54 Å². The molecule has 0 amide bonds. The van der Waals surface area contributed by atoms with Crippen molar-refractivity contribution in [2.24, 2.45) is 0 Å². The second-order valence-corrected chi connectivity index (χ2v) is 5.39. The molecule has 1 aliphatic carbocycles. The second-order valence-electron chi connectivity index (χ2n) is 5.39. The van der Waals surface area contributed by atoms with Crippen LogP contribution < -0.4 is 5.32 Å². The van der Waals surface area contributed by atoms with Gasteiger partial charge in [-0.05, 0) is 33.9 Å². The van der Waals surface area contributed by atoms with Gasteiger partial charge in [0.2, 0.25) is 0 Å². The fourth-order valence-electron chi connectivity index (χ4n) is 2.73. The summed E-state index contributed by atoms with van der Waals surface area (Å²) in [4.78, 5) is 14.5. The Balaban J connectivity index is 2.78. The Hall–Kier alpha value is -0.650. The van der Waals surface area contributed by atoms with Crippen LogP contribution in [0, 0.1) is 0 Å². The summed E-state index contributed by atoms with van der Waals surface area (Å²) in [6.07, 6.45) is 3.74. The van der Waals surface area contributed by atoms with Gasteiger partial charge in [-0.25, -0.2) is 4.79 Å². The van der Waals surface area contributed by atoms with E-state index in [0.29, 0.717) is 6.61 Å². The fraction of sp³-hybridized carbons (Fsp3) is 0.929. The van der Waals surface area contributed by atoms with Crippen LogP contribution in [-0.4, -0.2) is 63.4 Å². The number of carbonyl (C=O) groups excluding carboxylic acids is 1. The molecule has 5 nitrogen and oxygen atoms in total. The van der Waals surface area contributed by atoms with E-state index in [1.165, 1.54) is 0 Å². The van der Waals surface area contributed by atoms with Gasteiger partial charge in [0.1, 0.15) is 5.54 Å². The summed E-state index contributed by atoms with van der Waals surface area (Å²) < 4.78 is 10.8. The largest absolute Gasteiger partial charge is 0.465 e. The van der Waals surface area contributed by atoms with Crippen molar-refractivity contribution in [3.8, 4) is 0 Å². The number of carbonyl (C=O) groups is 1. The maximum absolute atomic E-state index is 12.4. The SMILES string of the molecule is CCOC(=O)C1(NCCN(C)C)CCCCC1OC. The molecule has 0 aromatic carbocycles. The third-order valence-electron chi connectivity index (χ3n) is 3.76. The summed E-state index contributed by atoms with van der Waals surface area (Å²) in [5, 5.41) is 3.41. The summed E-state index contributed by atoms with van der Waals surface area (Å²) in [7, 11) is 5.72.